The summed E-state index contributed by atoms with van der Waals surface area (Å²) in [6, 6.07) is 7.72. The molecular weight excluding hydrogens is 364 g/mol. The second-order valence-electron chi connectivity index (χ2n) is 7.11. The summed E-state index contributed by atoms with van der Waals surface area (Å²) in [5, 5.41) is 1.04. The van der Waals surface area contributed by atoms with Crippen LogP contribution < -0.4 is 4.90 Å². The Morgan fingerprint density at radius 1 is 1.15 bits per heavy atom. The second-order valence-corrected chi connectivity index (χ2v) is 8.17. The van der Waals surface area contributed by atoms with E-state index in [9.17, 15) is 14.4 Å². The first-order valence-corrected chi connectivity index (χ1v) is 10.3. The lowest BCUT2D eigenvalue weighted by atomic mass is 10.0. The Bertz CT molecular complexity index is 863. The molecule has 4 amide bonds. The highest BCUT2D eigenvalue weighted by Gasteiger charge is 2.46. The Hall–Kier alpha value is -2.32. The van der Waals surface area contributed by atoms with E-state index in [-0.39, 0.29) is 19.3 Å². The van der Waals surface area contributed by atoms with Gasteiger partial charge in [-0.15, -0.1) is 11.3 Å². The SMILES string of the molecule is CCCN1C(=O)C(=O)N(C[NH+]2CCCC[C@@H]2c2nc3ccccc3s2)C1=O. The van der Waals surface area contributed by atoms with Gasteiger partial charge < -0.3 is 4.90 Å². The summed E-state index contributed by atoms with van der Waals surface area (Å²) < 4.78 is 1.15. The van der Waals surface area contributed by atoms with Crippen molar-refractivity contribution in [3.05, 3.63) is 29.3 Å². The summed E-state index contributed by atoms with van der Waals surface area (Å²) in [5.74, 6) is -1.40. The van der Waals surface area contributed by atoms with E-state index < -0.39 is 17.8 Å². The Balaban J connectivity index is 1.57. The molecule has 1 N–H and O–H groups in total. The highest BCUT2D eigenvalue weighted by molar-refractivity contribution is 7.18. The average Bonchev–Trinajstić information content (AvgIpc) is 3.20. The molecule has 27 heavy (non-hydrogen) atoms. The smallest absolute Gasteiger partial charge is 0.309 e. The number of carbonyl (C=O) groups is 3. The molecule has 1 aromatic heterocycles. The van der Waals surface area contributed by atoms with Crippen LogP contribution in [0.5, 0.6) is 0 Å². The zero-order valence-corrected chi connectivity index (χ0v) is 16.1. The molecule has 0 spiro atoms. The van der Waals surface area contributed by atoms with Crippen molar-refractivity contribution in [1.29, 1.82) is 0 Å². The standard InChI is InChI=1S/C19H22N4O3S/c1-2-10-22-17(24)18(25)23(19(22)26)12-21-11-6-5-8-14(21)16-20-13-7-3-4-9-15(13)27-16/h3-4,7,9,14H,2,5-6,8,10-12H2,1H3/p+1/t14-/m1/s1. The van der Waals surface area contributed by atoms with Crippen LogP contribution in [0.3, 0.4) is 0 Å². The molecule has 0 saturated carbocycles. The van der Waals surface area contributed by atoms with Crippen molar-refractivity contribution in [1.82, 2.24) is 14.8 Å². The van der Waals surface area contributed by atoms with E-state index in [4.69, 9.17) is 4.98 Å². The minimum Gasteiger partial charge on any atom is -0.309 e. The van der Waals surface area contributed by atoms with Gasteiger partial charge >= 0.3 is 17.8 Å². The Labute approximate surface area is 161 Å². The fraction of sp³-hybridized carbons (Fsp3) is 0.474. The fourth-order valence-electron chi connectivity index (χ4n) is 3.92. The molecule has 8 heteroatoms. The van der Waals surface area contributed by atoms with Crippen LogP contribution >= 0.6 is 11.3 Å². The Morgan fingerprint density at radius 2 is 1.93 bits per heavy atom. The number of hydrogen-bond acceptors (Lipinski definition) is 5. The maximum absolute atomic E-state index is 12.6. The van der Waals surface area contributed by atoms with Gasteiger partial charge in [-0.25, -0.2) is 14.7 Å². The molecule has 0 aliphatic carbocycles. The summed E-state index contributed by atoms with van der Waals surface area (Å²) >= 11 is 1.68. The number of aromatic nitrogens is 1. The minimum atomic E-state index is -0.699. The third-order valence-corrected chi connectivity index (χ3v) is 6.44. The summed E-state index contributed by atoms with van der Waals surface area (Å²) in [5.41, 5.74) is 0.986. The maximum Gasteiger partial charge on any atom is 0.338 e. The number of thiazole rings is 1. The topological polar surface area (TPSA) is 75.0 Å². The molecule has 1 aromatic carbocycles. The lowest BCUT2D eigenvalue weighted by molar-refractivity contribution is -0.943. The van der Waals surface area contributed by atoms with Gasteiger partial charge in [0, 0.05) is 13.0 Å². The highest BCUT2D eigenvalue weighted by atomic mass is 32.1. The summed E-state index contributed by atoms with van der Waals surface area (Å²) in [7, 11) is 0. The van der Waals surface area contributed by atoms with Crippen LogP contribution in [0.15, 0.2) is 24.3 Å². The quantitative estimate of drug-likeness (QED) is 0.624. The number of fused-ring (bicyclic) bond motifs is 1. The predicted molar refractivity (Wildman–Crippen MR) is 101 cm³/mol. The highest BCUT2D eigenvalue weighted by Crippen LogP contribution is 2.28. The van der Waals surface area contributed by atoms with Gasteiger partial charge in [-0.3, -0.25) is 14.5 Å². The predicted octanol–water partition coefficient (Wildman–Crippen LogP) is 1.56. The van der Waals surface area contributed by atoms with Gasteiger partial charge in [0.1, 0.15) is 6.04 Å². The van der Waals surface area contributed by atoms with Gasteiger partial charge in [-0.1, -0.05) is 19.1 Å². The van der Waals surface area contributed by atoms with E-state index >= 15 is 0 Å². The first-order valence-electron chi connectivity index (χ1n) is 9.47. The molecule has 2 aromatic rings. The van der Waals surface area contributed by atoms with Crippen molar-refractivity contribution in [2.24, 2.45) is 0 Å². The third-order valence-electron chi connectivity index (χ3n) is 5.29. The van der Waals surface area contributed by atoms with Crippen LogP contribution in [-0.2, 0) is 9.59 Å². The van der Waals surface area contributed by atoms with Crippen molar-refractivity contribution in [3.8, 4) is 0 Å². The van der Waals surface area contributed by atoms with Crippen LogP contribution in [0, 0.1) is 0 Å². The lowest BCUT2D eigenvalue weighted by Gasteiger charge is -2.32. The molecule has 0 bridgehead atoms. The van der Waals surface area contributed by atoms with Gasteiger partial charge in [0.05, 0.1) is 16.8 Å². The molecule has 1 unspecified atom stereocenters. The van der Waals surface area contributed by atoms with E-state index in [1.807, 2.05) is 25.1 Å². The second kappa shape index (κ2) is 7.36. The Kier molecular flexibility index (Phi) is 4.92. The van der Waals surface area contributed by atoms with Gasteiger partial charge in [-0.2, -0.15) is 0 Å². The van der Waals surface area contributed by atoms with Gasteiger partial charge in [0.25, 0.3) is 0 Å². The van der Waals surface area contributed by atoms with Crippen molar-refractivity contribution in [2.45, 2.75) is 38.6 Å². The van der Waals surface area contributed by atoms with Crippen LogP contribution in [-0.4, -0.2) is 52.4 Å². The van der Waals surface area contributed by atoms with E-state index in [0.29, 0.717) is 6.42 Å². The molecule has 3 heterocycles. The molecule has 4 rings (SSSR count). The molecule has 2 atom stereocenters. The largest absolute Gasteiger partial charge is 0.338 e. The number of amides is 4. The average molecular weight is 387 g/mol. The number of carbonyl (C=O) groups excluding carboxylic acids is 3. The normalized spacial score (nSPS) is 23.7. The third kappa shape index (κ3) is 3.23. The summed E-state index contributed by atoms with van der Waals surface area (Å²) in [4.78, 5) is 45.1. The van der Waals surface area contributed by atoms with Crippen molar-refractivity contribution in [2.75, 3.05) is 19.8 Å². The number of rotatable bonds is 5. The molecule has 2 saturated heterocycles. The first kappa shape index (κ1) is 18.1. The van der Waals surface area contributed by atoms with Gasteiger partial charge in [0.2, 0.25) is 0 Å². The number of piperidine rings is 1. The summed E-state index contributed by atoms with van der Waals surface area (Å²) in [6.07, 6.45) is 3.76. The van der Waals surface area contributed by atoms with Gasteiger partial charge in [0.15, 0.2) is 11.7 Å². The zero-order chi connectivity index (χ0) is 19.0. The van der Waals surface area contributed by atoms with E-state index in [2.05, 4.69) is 6.07 Å². The van der Waals surface area contributed by atoms with Crippen LogP contribution in [0.2, 0.25) is 0 Å². The minimum absolute atomic E-state index is 0.145. The van der Waals surface area contributed by atoms with Crippen molar-refractivity contribution < 1.29 is 19.3 Å². The number of quaternary nitrogens is 1. The number of para-hydroxylation sites is 1. The molecule has 2 aliphatic heterocycles. The molecular formula is C19H23N4O3S+. The number of urea groups is 1. The number of nitrogens with zero attached hydrogens (tertiary/aromatic N) is 3. The maximum atomic E-state index is 12.6. The molecule has 7 nitrogen and oxygen atoms in total. The van der Waals surface area contributed by atoms with E-state index in [1.54, 1.807) is 11.3 Å². The Morgan fingerprint density at radius 3 is 2.70 bits per heavy atom. The number of likely N-dealkylation sites (tertiary alicyclic amines) is 1. The molecule has 2 fully saturated rings. The van der Waals surface area contributed by atoms with E-state index in [0.717, 1.165) is 55.7 Å². The first-order chi connectivity index (χ1) is 13.1. The van der Waals surface area contributed by atoms with Crippen molar-refractivity contribution >= 4 is 39.4 Å². The van der Waals surface area contributed by atoms with Crippen molar-refractivity contribution in [3.63, 3.8) is 0 Å². The van der Waals surface area contributed by atoms with Gasteiger partial charge in [-0.05, 0) is 31.4 Å². The lowest BCUT2D eigenvalue weighted by Crippen LogP contribution is -3.14. The summed E-state index contributed by atoms with van der Waals surface area (Å²) in [6.45, 7) is 3.26. The number of imide groups is 2. The molecule has 0 radical (unpaired) electrons. The zero-order valence-electron chi connectivity index (χ0n) is 15.3. The molecule has 2 aliphatic rings. The fourth-order valence-corrected chi connectivity index (χ4v) is 5.08. The number of benzene rings is 1. The number of nitrogens with one attached hydrogen (secondary N) is 1. The van der Waals surface area contributed by atoms with Crippen LogP contribution in [0.1, 0.15) is 43.7 Å². The molecule has 142 valence electrons. The van der Waals surface area contributed by atoms with Crippen LogP contribution in [0.25, 0.3) is 10.2 Å². The van der Waals surface area contributed by atoms with Crippen LogP contribution in [0.4, 0.5) is 4.79 Å². The van der Waals surface area contributed by atoms with E-state index in [1.165, 1.54) is 0 Å². The number of hydrogen-bond donors (Lipinski definition) is 1. The monoisotopic (exact) mass is 387 g/mol.